The average molecular weight is 276 g/mol. The van der Waals surface area contributed by atoms with Crippen molar-refractivity contribution in [2.75, 3.05) is 0 Å². The summed E-state index contributed by atoms with van der Waals surface area (Å²) < 4.78 is 2.86. The van der Waals surface area contributed by atoms with Gasteiger partial charge in [-0.25, -0.2) is 0 Å². The fourth-order valence-electron chi connectivity index (χ4n) is 3.04. The Hall–Kier alpha value is -1.86. The lowest BCUT2D eigenvalue weighted by molar-refractivity contribution is 1.13. The highest BCUT2D eigenvalue weighted by Gasteiger charge is 2.09. The molecule has 0 unspecified atom stereocenters. The zero-order valence-corrected chi connectivity index (χ0v) is 12.3. The summed E-state index contributed by atoms with van der Waals surface area (Å²) in [7, 11) is 0. The molecule has 3 aromatic rings. The topological polar surface area (TPSA) is 0 Å². The molecule has 0 bridgehead atoms. The minimum absolute atomic E-state index is 1.17. The van der Waals surface area contributed by atoms with E-state index in [0.29, 0.717) is 0 Å². The molecule has 1 aromatic heterocycles. The van der Waals surface area contributed by atoms with Crippen molar-refractivity contribution >= 4 is 33.6 Å². The molecule has 98 valence electrons. The Morgan fingerprint density at radius 2 is 1.80 bits per heavy atom. The van der Waals surface area contributed by atoms with Crippen molar-refractivity contribution in [1.29, 1.82) is 0 Å². The summed E-state index contributed by atoms with van der Waals surface area (Å²) in [6.07, 6.45) is 7.15. The summed E-state index contributed by atoms with van der Waals surface area (Å²) in [5, 5.41) is 2.89. The molecule has 4 rings (SSSR count). The summed E-state index contributed by atoms with van der Waals surface area (Å²) in [6.45, 7) is 2.16. The van der Waals surface area contributed by atoms with Crippen molar-refractivity contribution in [3.63, 3.8) is 0 Å². The van der Waals surface area contributed by atoms with Crippen LogP contribution in [0.1, 0.15) is 18.4 Å². The van der Waals surface area contributed by atoms with Crippen molar-refractivity contribution < 1.29 is 0 Å². The van der Waals surface area contributed by atoms with Crippen molar-refractivity contribution in [1.82, 2.24) is 0 Å². The molecule has 1 heteroatoms. The molecule has 0 fully saturated rings. The number of hydrogen-bond donors (Lipinski definition) is 0. The first-order chi connectivity index (χ1) is 9.83. The summed E-state index contributed by atoms with van der Waals surface area (Å²) in [4.78, 5) is 0. The second-order valence-corrected chi connectivity index (χ2v) is 6.50. The van der Waals surface area contributed by atoms with Gasteiger partial charge in [-0.2, -0.15) is 0 Å². The van der Waals surface area contributed by atoms with Crippen LogP contribution < -0.4 is 9.75 Å². The summed E-state index contributed by atoms with van der Waals surface area (Å²) in [6, 6.07) is 15.5. The number of rotatable bonds is 1. The van der Waals surface area contributed by atoms with E-state index < -0.39 is 0 Å². The fourth-order valence-corrected chi connectivity index (χ4v) is 4.24. The molecule has 1 heterocycles. The van der Waals surface area contributed by atoms with Gasteiger partial charge >= 0.3 is 0 Å². The standard InChI is InChI=1S/C19H16S/c1-13-6-4-7-14(12-13)15-9-5-11-18-19(15)16-8-2-3-10-17(16)20-18/h4-12H,2-3H2,1H3. The lowest BCUT2D eigenvalue weighted by atomic mass is 9.98. The smallest absolute Gasteiger partial charge is 0.0361 e. The van der Waals surface area contributed by atoms with Gasteiger partial charge in [-0.05, 0) is 42.2 Å². The Labute approximate surface area is 122 Å². The van der Waals surface area contributed by atoms with Crippen LogP contribution in [-0.4, -0.2) is 0 Å². The van der Waals surface area contributed by atoms with Gasteiger partial charge in [0.1, 0.15) is 0 Å². The van der Waals surface area contributed by atoms with E-state index in [2.05, 4.69) is 61.5 Å². The predicted molar refractivity (Wildman–Crippen MR) is 89.4 cm³/mol. The third kappa shape index (κ3) is 1.82. The number of aryl methyl sites for hydroxylation is 1. The largest absolute Gasteiger partial charge is 0.136 e. The third-order valence-electron chi connectivity index (χ3n) is 3.95. The molecule has 1 aliphatic rings. The van der Waals surface area contributed by atoms with E-state index in [4.69, 9.17) is 0 Å². The van der Waals surface area contributed by atoms with Crippen LogP contribution in [0.15, 0.2) is 42.5 Å². The van der Waals surface area contributed by atoms with Crippen molar-refractivity contribution in [2.45, 2.75) is 19.8 Å². The van der Waals surface area contributed by atoms with Gasteiger partial charge in [-0.15, -0.1) is 11.3 Å². The van der Waals surface area contributed by atoms with Crippen LogP contribution in [0, 0.1) is 6.92 Å². The molecule has 0 amide bonds. The molecule has 0 nitrogen and oxygen atoms in total. The molecule has 0 saturated heterocycles. The fraction of sp³-hybridized carbons (Fsp3) is 0.158. The SMILES string of the molecule is Cc1cccc(-c2cccc3sc4c(c23)=CCCC=4)c1. The summed E-state index contributed by atoms with van der Waals surface area (Å²) in [5.74, 6) is 0. The van der Waals surface area contributed by atoms with Crippen LogP contribution >= 0.6 is 11.3 Å². The van der Waals surface area contributed by atoms with Crippen molar-refractivity contribution in [3.8, 4) is 11.1 Å². The molecule has 1 aliphatic carbocycles. The lowest BCUT2D eigenvalue weighted by Crippen LogP contribution is -2.21. The van der Waals surface area contributed by atoms with Crippen LogP contribution in [0.2, 0.25) is 0 Å². The van der Waals surface area contributed by atoms with Gasteiger partial charge in [0.25, 0.3) is 0 Å². The van der Waals surface area contributed by atoms with E-state index in [9.17, 15) is 0 Å². The van der Waals surface area contributed by atoms with Gasteiger partial charge in [0.2, 0.25) is 0 Å². The second kappa shape index (κ2) is 4.60. The van der Waals surface area contributed by atoms with Gasteiger partial charge in [-0.1, -0.05) is 54.1 Å². The van der Waals surface area contributed by atoms with Crippen molar-refractivity contribution in [2.24, 2.45) is 0 Å². The Morgan fingerprint density at radius 3 is 2.70 bits per heavy atom. The molecule has 0 atom stereocenters. The highest BCUT2D eigenvalue weighted by atomic mass is 32.1. The monoisotopic (exact) mass is 276 g/mol. The molecular weight excluding hydrogens is 260 g/mol. The molecule has 2 aromatic carbocycles. The number of benzene rings is 2. The minimum Gasteiger partial charge on any atom is -0.136 e. The van der Waals surface area contributed by atoms with Crippen LogP contribution in [-0.2, 0) is 0 Å². The Kier molecular flexibility index (Phi) is 2.75. The van der Waals surface area contributed by atoms with Gasteiger partial charge in [0.15, 0.2) is 0 Å². The molecule has 20 heavy (non-hydrogen) atoms. The third-order valence-corrected chi connectivity index (χ3v) is 5.12. The summed E-state index contributed by atoms with van der Waals surface area (Å²) in [5.41, 5.74) is 4.02. The molecule has 0 saturated carbocycles. The molecule has 0 N–H and O–H groups in total. The maximum atomic E-state index is 2.41. The van der Waals surface area contributed by atoms with E-state index in [1.54, 1.807) is 0 Å². The maximum Gasteiger partial charge on any atom is 0.0361 e. The van der Waals surface area contributed by atoms with E-state index in [-0.39, 0.29) is 0 Å². The van der Waals surface area contributed by atoms with Gasteiger partial charge in [0.05, 0.1) is 0 Å². The number of hydrogen-bond acceptors (Lipinski definition) is 1. The zero-order chi connectivity index (χ0) is 13.5. The average Bonchev–Trinajstić information content (AvgIpc) is 2.85. The van der Waals surface area contributed by atoms with E-state index in [1.165, 1.54) is 49.4 Å². The number of fused-ring (bicyclic) bond motifs is 3. The Bertz CT molecular complexity index is 913. The maximum absolute atomic E-state index is 2.41. The zero-order valence-electron chi connectivity index (χ0n) is 11.5. The first-order valence-corrected chi connectivity index (χ1v) is 7.93. The quantitative estimate of drug-likeness (QED) is 0.624. The normalized spacial score (nSPS) is 13.7. The van der Waals surface area contributed by atoms with Crippen LogP contribution in [0.5, 0.6) is 0 Å². The highest BCUT2D eigenvalue weighted by Crippen LogP contribution is 2.28. The first kappa shape index (κ1) is 11.9. The first-order valence-electron chi connectivity index (χ1n) is 7.12. The van der Waals surface area contributed by atoms with Gasteiger partial charge < -0.3 is 0 Å². The van der Waals surface area contributed by atoms with Crippen LogP contribution in [0.25, 0.3) is 33.4 Å². The Balaban J connectivity index is 2.13. The minimum atomic E-state index is 1.17. The Morgan fingerprint density at radius 1 is 0.950 bits per heavy atom. The molecule has 0 radical (unpaired) electrons. The molecular formula is C19H16S. The summed E-state index contributed by atoms with van der Waals surface area (Å²) >= 11 is 1.93. The highest BCUT2D eigenvalue weighted by molar-refractivity contribution is 7.17. The van der Waals surface area contributed by atoms with Gasteiger partial charge in [-0.3, -0.25) is 0 Å². The van der Waals surface area contributed by atoms with E-state index in [0.717, 1.165) is 0 Å². The van der Waals surface area contributed by atoms with Crippen LogP contribution in [0.4, 0.5) is 0 Å². The van der Waals surface area contributed by atoms with E-state index >= 15 is 0 Å². The lowest BCUT2D eigenvalue weighted by Gasteiger charge is -2.05. The number of thiophene rings is 1. The van der Waals surface area contributed by atoms with Crippen molar-refractivity contribution in [3.05, 3.63) is 57.8 Å². The molecule has 0 spiro atoms. The van der Waals surface area contributed by atoms with Crippen LogP contribution in [0.3, 0.4) is 0 Å². The predicted octanol–water partition coefficient (Wildman–Crippen LogP) is 4.23. The molecule has 0 aliphatic heterocycles. The second-order valence-electron chi connectivity index (χ2n) is 5.41. The van der Waals surface area contributed by atoms with Gasteiger partial charge in [0, 0.05) is 14.6 Å². The van der Waals surface area contributed by atoms with E-state index in [1.807, 2.05) is 11.3 Å².